The zero-order chi connectivity index (χ0) is 12.2. The van der Waals surface area contributed by atoms with E-state index in [4.69, 9.17) is 0 Å². The topological polar surface area (TPSA) is 28.3 Å². The Balaban J connectivity index is 0.000000182. The lowest BCUT2D eigenvalue weighted by Crippen LogP contribution is -3.00. The molecule has 0 aliphatic heterocycles. The Morgan fingerprint density at radius 1 is 0.600 bits per heavy atom. The van der Waals surface area contributed by atoms with Gasteiger partial charge >= 0.3 is 0 Å². The van der Waals surface area contributed by atoms with Crippen LogP contribution in [0.25, 0.3) is 20.4 Å². The van der Waals surface area contributed by atoms with E-state index in [2.05, 4.69) is 34.2 Å². The zero-order valence-electron chi connectivity index (χ0n) is 10.3. The summed E-state index contributed by atoms with van der Waals surface area (Å²) in [6.45, 7) is 0. The maximum absolute atomic E-state index is 3.14. The maximum atomic E-state index is 3.14. The van der Waals surface area contributed by atoms with E-state index in [1.54, 1.807) is 22.7 Å². The largest absolute Gasteiger partial charge is 1.00 e. The smallest absolute Gasteiger partial charge is 0.224 e. The van der Waals surface area contributed by atoms with Gasteiger partial charge in [-0.2, -0.15) is 0 Å². The van der Waals surface area contributed by atoms with Crippen molar-refractivity contribution in [1.82, 2.24) is 0 Å². The minimum Gasteiger partial charge on any atom is -1.00 e. The summed E-state index contributed by atoms with van der Waals surface area (Å²) in [7, 11) is 0. The molecule has 0 radical (unpaired) electrons. The summed E-state index contributed by atoms with van der Waals surface area (Å²) in [5, 5.41) is 0. The monoisotopic (exact) mass is 526 g/mol. The van der Waals surface area contributed by atoms with Crippen molar-refractivity contribution in [2.75, 3.05) is 0 Å². The number of fused-ring (bicyclic) bond motifs is 2. The van der Waals surface area contributed by atoms with Gasteiger partial charge in [0, 0.05) is 12.1 Å². The van der Waals surface area contributed by atoms with Crippen LogP contribution in [0.2, 0.25) is 0 Å². The minimum atomic E-state index is 0. The Morgan fingerprint density at radius 3 is 1.40 bits per heavy atom. The Kier molecular flexibility index (Phi) is 7.85. The molecular formula is C14H12I2N2S2. The second-order valence-electron chi connectivity index (χ2n) is 3.75. The summed E-state index contributed by atoms with van der Waals surface area (Å²) in [6, 6.07) is 16.5. The molecule has 0 aliphatic rings. The molecule has 4 rings (SSSR count). The second-order valence-corrected chi connectivity index (χ2v) is 5.57. The van der Waals surface area contributed by atoms with Gasteiger partial charge in [0.25, 0.3) is 0 Å². The summed E-state index contributed by atoms with van der Waals surface area (Å²) < 4.78 is 2.63. The van der Waals surface area contributed by atoms with Crippen molar-refractivity contribution in [3.63, 3.8) is 0 Å². The maximum Gasteiger partial charge on any atom is 0.224 e. The molecule has 0 bridgehead atoms. The van der Waals surface area contributed by atoms with Gasteiger partial charge in [0.2, 0.25) is 22.1 Å². The Morgan fingerprint density at radius 2 is 1.00 bits per heavy atom. The van der Waals surface area contributed by atoms with E-state index in [1.807, 2.05) is 35.3 Å². The average molecular weight is 526 g/mol. The summed E-state index contributed by atoms with van der Waals surface area (Å²) in [6.07, 6.45) is 0. The van der Waals surface area contributed by atoms with Crippen LogP contribution in [-0.4, -0.2) is 0 Å². The summed E-state index contributed by atoms with van der Waals surface area (Å²) >= 11 is 3.46. The lowest BCUT2D eigenvalue weighted by molar-refractivity contribution is -0.338. The predicted molar refractivity (Wildman–Crippen MR) is 76.8 cm³/mol. The molecule has 0 unspecified atom stereocenters. The van der Waals surface area contributed by atoms with E-state index < -0.39 is 0 Å². The molecule has 2 aromatic heterocycles. The van der Waals surface area contributed by atoms with Crippen molar-refractivity contribution in [1.29, 1.82) is 0 Å². The highest BCUT2D eigenvalue weighted by Crippen LogP contribution is 2.12. The van der Waals surface area contributed by atoms with Gasteiger partial charge in [-0.15, -0.1) is 0 Å². The third kappa shape index (κ3) is 4.34. The number of thiazole rings is 2. The van der Waals surface area contributed by atoms with Crippen LogP contribution in [0, 0.1) is 0 Å². The molecule has 0 saturated heterocycles. The molecule has 0 aliphatic carbocycles. The third-order valence-corrected chi connectivity index (χ3v) is 4.27. The van der Waals surface area contributed by atoms with E-state index in [1.165, 1.54) is 20.4 Å². The van der Waals surface area contributed by atoms with E-state index in [9.17, 15) is 0 Å². The zero-order valence-corrected chi connectivity index (χ0v) is 16.3. The van der Waals surface area contributed by atoms with Crippen LogP contribution < -0.4 is 57.9 Å². The van der Waals surface area contributed by atoms with Crippen LogP contribution in [0.4, 0.5) is 0 Å². The molecular weight excluding hydrogens is 514 g/mol. The Hall–Kier alpha value is -0.320. The summed E-state index contributed by atoms with van der Waals surface area (Å²) in [5.74, 6) is 0. The number of para-hydroxylation sites is 2. The van der Waals surface area contributed by atoms with Crippen molar-refractivity contribution < 1.29 is 57.9 Å². The molecule has 2 N–H and O–H groups in total. The van der Waals surface area contributed by atoms with Crippen molar-refractivity contribution >= 4 is 43.1 Å². The molecule has 2 nitrogen and oxygen atoms in total. The number of rotatable bonds is 0. The number of hydrogen-bond acceptors (Lipinski definition) is 2. The highest BCUT2D eigenvalue weighted by molar-refractivity contribution is 7.16. The molecule has 0 atom stereocenters. The molecule has 2 heterocycles. The third-order valence-electron chi connectivity index (χ3n) is 2.57. The first kappa shape index (κ1) is 17.7. The fourth-order valence-electron chi connectivity index (χ4n) is 1.69. The predicted octanol–water partition coefficient (Wildman–Crippen LogP) is -2.56. The Bertz CT molecular complexity index is 641. The number of aromatic amines is 2. The average Bonchev–Trinajstić information content (AvgIpc) is 3.08. The lowest BCUT2D eigenvalue weighted by atomic mass is 10.3. The second kappa shape index (κ2) is 8.85. The van der Waals surface area contributed by atoms with E-state index >= 15 is 0 Å². The number of aromatic nitrogens is 2. The number of benzene rings is 2. The number of halogens is 2. The van der Waals surface area contributed by atoms with Gasteiger partial charge in [-0.25, -0.2) is 9.97 Å². The van der Waals surface area contributed by atoms with Crippen LogP contribution in [0.15, 0.2) is 59.6 Å². The quantitative estimate of drug-likeness (QED) is 0.226. The molecule has 2 aromatic carbocycles. The first-order valence-electron chi connectivity index (χ1n) is 5.61. The van der Waals surface area contributed by atoms with Gasteiger partial charge in [-0.1, -0.05) is 46.9 Å². The van der Waals surface area contributed by atoms with E-state index in [0.717, 1.165) is 0 Å². The van der Waals surface area contributed by atoms with Gasteiger partial charge in [-0.3, -0.25) is 0 Å². The van der Waals surface area contributed by atoms with Gasteiger partial charge < -0.3 is 48.0 Å². The highest BCUT2D eigenvalue weighted by atomic mass is 127. The molecule has 6 heteroatoms. The van der Waals surface area contributed by atoms with Crippen molar-refractivity contribution in [2.24, 2.45) is 0 Å². The summed E-state index contributed by atoms with van der Waals surface area (Å²) in [5.41, 5.74) is 6.43. The number of hydrogen-bond donors (Lipinski definition) is 0. The first-order chi connectivity index (χ1) is 8.93. The van der Waals surface area contributed by atoms with Gasteiger partial charge in [0.1, 0.15) is 9.40 Å². The van der Waals surface area contributed by atoms with Crippen LogP contribution >= 0.6 is 22.7 Å². The van der Waals surface area contributed by atoms with E-state index in [0.29, 0.717) is 0 Å². The van der Waals surface area contributed by atoms with Crippen LogP contribution in [0.3, 0.4) is 0 Å². The molecule has 0 fully saturated rings. The van der Waals surface area contributed by atoms with Crippen molar-refractivity contribution in [3.05, 3.63) is 59.6 Å². The molecule has 0 saturated carbocycles. The standard InChI is InChI=1S/2C7H5NS.2HI/c2*1-2-4-7-6(3-1)8-5-9-7;;/h2*1-5H;2*1H. The van der Waals surface area contributed by atoms with Crippen molar-refractivity contribution in [3.8, 4) is 0 Å². The van der Waals surface area contributed by atoms with Crippen LogP contribution in [0.5, 0.6) is 0 Å². The highest BCUT2D eigenvalue weighted by Gasteiger charge is 1.97. The van der Waals surface area contributed by atoms with Gasteiger partial charge in [0.15, 0.2) is 0 Å². The molecule has 104 valence electrons. The molecule has 4 aromatic rings. The van der Waals surface area contributed by atoms with Crippen molar-refractivity contribution in [2.45, 2.75) is 0 Å². The molecule has 0 spiro atoms. The SMILES string of the molecule is [I-].[I-].c1ccc2sc[nH+]c2c1.c1ccc2sc[nH+]c2c1. The minimum absolute atomic E-state index is 0. The fourth-order valence-corrected chi connectivity index (χ4v) is 3.14. The van der Waals surface area contributed by atoms with E-state index in [-0.39, 0.29) is 48.0 Å². The normalized spacial score (nSPS) is 9.20. The van der Waals surface area contributed by atoms with Gasteiger partial charge in [0.05, 0.1) is 0 Å². The fraction of sp³-hybridized carbons (Fsp3) is 0. The van der Waals surface area contributed by atoms with Crippen LogP contribution in [0.1, 0.15) is 0 Å². The number of nitrogens with one attached hydrogen (secondary N) is 2. The first-order valence-corrected chi connectivity index (χ1v) is 7.37. The molecule has 20 heavy (non-hydrogen) atoms. The Labute approximate surface area is 159 Å². The van der Waals surface area contributed by atoms with Crippen LogP contribution in [-0.2, 0) is 0 Å². The molecule has 0 amide bonds. The van der Waals surface area contributed by atoms with Gasteiger partial charge in [-0.05, 0) is 12.1 Å². The lowest BCUT2D eigenvalue weighted by Gasteiger charge is -1.75. The number of H-pyrrole nitrogens is 2. The summed E-state index contributed by atoms with van der Waals surface area (Å²) in [4.78, 5) is 6.28.